The third kappa shape index (κ3) is 5.74. The smallest absolute Gasteiger partial charge is 0.340 e. The molecule has 0 aliphatic heterocycles. The zero-order chi connectivity index (χ0) is 22.4. The number of thiazole rings is 1. The number of carbonyl (C=O) groups is 2. The number of carbonyl (C=O) groups excluding carboxylic acids is 2. The number of hydrogen-bond acceptors (Lipinski definition) is 7. The molecule has 0 saturated heterocycles. The molecule has 3 rings (SSSR count). The zero-order valence-corrected chi connectivity index (χ0v) is 18.8. The average Bonchev–Trinajstić information content (AvgIpc) is 3.19. The van der Waals surface area contributed by atoms with Gasteiger partial charge in [0.15, 0.2) is 11.5 Å². The summed E-state index contributed by atoms with van der Waals surface area (Å²) in [6.45, 7) is 0. The molecule has 7 nitrogen and oxygen atoms in total. The van der Waals surface area contributed by atoms with E-state index in [1.165, 1.54) is 44.8 Å². The van der Waals surface area contributed by atoms with Gasteiger partial charge in [0, 0.05) is 29.0 Å². The van der Waals surface area contributed by atoms with Gasteiger partial charge in [0.1, 0.15) is 0 Å². The molecule has 1 aromatic heterocycles. The van der Waals surface area contributed by atoms with Gasteiger partial charge in [-0.05, 0) is 17.7 Å². The van der Waals surface area contributed by atoms with Crippen LogP contribution in [0.4, 0.5) is 5.69 Å². The molecule has 0 atom stereocenters. The fourth-order valence-electron chi connectivity index (χ4n) is 2.95. The molecule has 0 radical (unpaired) electrons. The van der Waals surface area contributed by atoms with E-state index < -0.39 is 5.97 Å². The molecule has 0 spiro atoms. The van der Waals surface area contributed by atoms with Crippen molar-refractivity contribution < 1.29 is 23.8 Å². The van der Waals surface area contributed by atoms with Gasteiger partial charge in [0.2, 0.25) is 5.91 Å². The Labute approximate surface area is 188 Å². The van der Waals surface area contributed by atoms with E-state index in [1.54, 1.807) is 0 Å². The molecule has 0 saturated carbocycles. The molecule has 1 amide bonds. The number of ether oxygens (including phenoxy) is 3. The predicted molar refractivity (Wildman–Crippen MR) is 120 cm³/mol. The van der Waals surface area contributed by atoms with Crippen LogP contribution in [0.3, 0.4) is 0 Å². The van der Waals surface area contributed by atoms with Crippen LogP contribution < -0.4 is 14.8 Å². The monoisotopic (exact) mass is 460 g/mol. The van der Waals surface area contributed by atoms with Crippen LogP contribution in [0.1, 0.15) is 26.6 Å². The van der Waals surface area contributed by atoms with Gasteiger partial charge in [-0.1, -0.05) is 23.7 Å². The Kier molecular flexibility index (Phi) is 7.49. The standard InChI is InChI=1S/C22H21ClN2O5S/c1-28-18-10-16(22(27)30-3)17(11-19(18)29-2)25-20(26)9-15-12-31-21(24-15)8-13-5-4-6-14(23)7-13/h4-7,10-12H,8-9H2,1-3H3,(H,25,26). The van der Waals surface area contributed by atoms with Crippen molar-refractivity contribution in [3.63, 3.8) is 0 Å². The summed E-state index contributed by atoms with van der Waals surface area (Å²) in [5.41, 5.74) is 2.11. The van der Waals surface area contributed by atoms with Crippen molar-refractivity contribution in [2.75, 3.05) is 26.6 Å². The van der Waals surface area contributed by atoms with Gasteiger partial charge in [-0.15, -0.1) is 11.3 Å². The summed E-state index contributed by atoms with van der Waals surface area (Å²) in [5, 5.41) is 6.13. The van der Waals surface area contributed by atoms with Crippen LogP contribution in [0.15, 0.2) is 41.8 Å². The molecule has 0 bridgehead atoms. The first-order chi connectivity index (χ1) is 14.9. The minimum Gasteiger partial charge on any atom is -0.493 e. The Morgan fingerprint density at radius 3 is 2.52 bits per heavy atom. The van der Waals surface area contributed by atoms with Crippen LogP contribution in [0.25, 0.3) is 0 Å². The van der Waals surface area contributed by atoms with Crippen molar-refractivity contribution in [3.05, 3.63) is 68.6 Å². The Balaban J connectivity index is 1.73. The van der Waals surface area contributed by atoms with Crippen molar-refractivity contribution in [2.45, 2.75) is 12.8 Å². The highest BCUT2D eigenvalue weighted by Crippen LogP contribution is 2.34. The highest BCUT2D eigenvalue weighted by atomic mass is 35.5. The molecular formula is C22H21ClN2O5S. The SMILES string of the molecule is COC(=O)c1cc(OC)c(OC)cc1NC(=O)Cc1csc(Cc2cccc(Cl)c2)n1. The maximum atomic E-state index is 12.6. The van der Waals surface area contributed by atoms with E-state index in [4.69, 9.17) is 25.8 Å². The number of halogens is 1. The predicted octanol–water partition coefficient (Wildman–Crippen LogP) is 4.37. The van der Waals surface area contributed by atoms with Gasteiger partial charge in [0.05, 0.1) is 49.7 Å². The quantitative estimate of drug-likeness (QED) is 0.502. The molecule has 3 aromatic rings. The Hall–Kier alpha value is -3.10. The first-order valence-electron chi connectivity index (χ1n) is 9.25. The molecular weight excluding hydrogens is 440 g/mol. The van der Waals surface area contributed by atoms with E-state index in [0.717, 1.165) is 10.6 Å². The van der Waals surface area contributed by atoms with Crippen LogP contribution in [0.5, 0.6) is 11.5 Å². The van der Waals surface area contributed by atoms with E-state index in [-0.39, 0.29) is 23.6 Å². The number of amides is 1. The van der Waals surface area contributed by atoms with Crippen molar-refractivity contribution in [1.82, 2.24) is 4.98 Å². The fourth-order valence-corrected chi connectivity index (χ4v) is 3.99. The Morgan fingerprint density at radius 1 is 1.10 bits per heavy atom. The lowest BCUT2D eigenvalue weighted by Crippen LogP contribution is -2.18. The van der Waals surface area contributed by atoms with E-state index in [2.05, 4.69) is 10.3 Å². The largest absolute Gasteiger partial charge is 0.493 e. The Bertz CT molecular complexity index is 1100. The number of rotatable bonds is 8. The number of esters is 1. The highest BCUT2D eigenvalue weighted by molar-refractivity contribution is 7.09. The highest BCUT2D eigenvalue weighted by Gasteiger charge is 2.19. The van der Waals surface area contributed by atoms with E-state index in [0.29, 0.717) is 28.6 Å². The van der Waals surface area contributed by atoms with E-state index in [9.17, 15) is 9.59 Å². The molecule has 1 N–H and O–H groups in total. The summed E-state index contributed by atoms with van der Waals surface area (Å²) in [4.78, 5) is 29.3. The number of benzene rings is 2. The summed E-state index contributed by atoms with van der Waals surface area (Å²) >= 11 is 7.50. The second kappa shape index (κ2) is 10.3. The summed E-state index contributed by atoms with van der Waals surface area (Å²) in [5.74, 6) is -0.195. The topological polar surface area (TPSA) is 86.8 Å². The van der Waals surface area contributed by atoms with Crippen LogP contribution in [0.2, 0.25) is 5.02 Å². The summed E-state index contributed by atoms with van der Waals surface area (Å²) in [6.07, 6.45) is 0.690. The summed E-state index contributed by atoms with van der Waals surface area (Å²) in [7, 11) is 4.19. The maximum absolute atomic E-state index is 12.6. The number of aromatic nitrogens is 1. The average molecular weight is 461 g/mol. The van der Waals surface area contributed by atoms with Crippen LogP contribution in [0, 0.1) is 0 Å². The zero-order valence-electron chi connectivity index (χ0n) is 17.2. The first kappa shape index (κ1) is 22.6. The lowest BCUT2D eigenvalue weighted by Gasteiger charge is -2.14. The molecule has 2 aromatic carbocycles. The van der Waals surface area contributed by atoms with E-state index >= 15 is 0 Å². The minimum absolute atomic E-state index is 0.0566. The van der Waals surface area contributed by atoms with Crippen molar-refractivity contribution in [3.8, 4) is 11.5 Å². The summed E-state index contributed by atoms with van der Waals surface area (Å²) in [6, 6.07) is 10.6. The number of anilines is 1. The molecule has 0 fully saturated rings. The van der Waals surface area contributed by atoms with Gasteiger partial charge < -0.3 is 19.5 Å². The second-order valence-electron chi connectivity index (χ2n) is 6.51. The molecule has 0 unspecified atom stereocenters. The molecule has 0 aliphatic carbocycles. The lowest BCUT2D eigenvalue weighted by molar-refractivity contribution is -0.115. The van der Waals surface area contributed by atoms with Crippen LogP contribution in [-0.2, 0) is 22.4 Å². The first-order valence-corrected chi connectivity index (χ1v) is 10.5. The number of nitrogens with one attached hydrogen (secondary N) is 1. The number of methoxy groups -OCH3 is 3. The van der Waals surface area contributed by atoms with Crippen molar-refractivity contribution in [2.24, 2.45) is 0 Å². The Morgan fingerprint density at radius 2 is 1.84 bits per heavy atom. The van der Waals surface area contributed by atoms with Gasteiger partial charge >= 0.3 is 5.97 Å². The van der Waals surface area contributed by atoms with Crippen molar-refractivity contribution >= 4 is 40.5 Å². The van der Waals surface area contributed by atoms with Crippen LogP contribution >= 0.6 is 22.9 Å². The third-order valence-corrected chi connectivity index (χ3v) is 5.52. The molecule has 31 heavy (non-hydrogen) atoms. The van der Waals surface area contributed by atoms with Gasteiger partial charge in [-0.25, -0.2) is 9.78 Å². The van der Waals surface area contributed by atoms with Gasteiger partial charge in [-0.3, -0.25) is 4.79 Å². The van der Waals surface area contributed by atoms with Crippen LogP contribution in [-0.4, -0.2) is 38.2 Å². The maximum Gasteiger partial charge on any atom is 0.340 e. The van der Waals surface area contributed by atoms with Gasteiger partial charge in [0.25, 0.3) is 0 Å². The summed E-state index contributed by atoms with van der Waals surface area (Å²) < 4.78 is 15.3. The molecule has 1 heterocycles. The number of nitrogens with zero attached hydrogens (tertiary/aromatic N) is 1. The van der Waals surface area contributed by atoms with E-state index in [1.807, 2.05) is 29.6 Å². The molecule has 0 aliphatic rings. The normalized spacial score (nSPS) is 10.5. The molecule has 9 heteroatoms. The molecule has 162 valence electrons. The van der Waals surface area contributed by atoms with Gasteiger partial charge in [-0.2, -0.15) is 0 Å². The third-order valence-electron chi connectivity index (χ3n) is 4.39. The second-order valence-corrected chi connectivity index (χ2v) is 7.89. The fraction of sp³-hybridized carbons (Fsp3) is 0.227. The minimum atomic E-state index is -0.603. The lowest BCUT2D eigenvalue weighted by atomic mass is 10.1. The van der Waals surface area contributed by atoms with Crippen molar-refractivity contribution in [1.29, 1.82) is 0 Å². The number of hydrogen-bond donors (Lipinski definition) is 1.